The van der Waals surface area contributed by atoms with Gasteiger partial charge in [0.15, 0.2) is 5.69 Å². The van der Waals surface area contributed by atoms with E-state index >= 15 is 0 Å². The smallest absolute Gasteiger partial charge is 0.338 e. The standard InChI is InChI=1S/C12H10FN3O3/c1-6-4-10(16-15-6)11(17)14-7-2-3-8(12(18)19)9(13)5-7/h2-5H,1H3,(H,14,17)(H,15,16)(H,18,19). The lowest BCUT2D eigenvalue weighted by Crippen LogP contribution is -2.13. The van der Waals surface area contributed by atoms with E-state index in [1.165, 1.54) is 12.1 Å². The Bertz CT molecular complexity index is 651. The molecule has 0 spiro atoms. The molecule has 7 heteroatoms. The quantitative estimate of drug-likeness (QED) is 0.787. The van der Waals surface area contributed by atoms with Gasteiger partial charge in [0.1, 0.15) is 5.82 Å². The van der Waals surface area contributed by atoms with Gasteiger partial charge < -0.3 is 10.4 Å². The van der Waals surface area contributed by atoms with E-state index < -0.39 is 23.3 Å². The number of rotatable bonds is 3. The van der Waals surface area contributed by atoms with Gasteiger partial charge in [-0.15, -0.1) is 0 Å². The Hall–Kier alpha value is -2.70. The number of amides is 1. The van der Waals surface area contributed by atoms with Crippen LogP contribution in [0.1, 0.15) is 26.5 Å². The number of aryl methyl sites for hydroxylation is 1. The van der Waals surface area contributed by atoms with Gasteiger partial charge in [-0.3, -0.25) is 9.89 Å². The number of anilines is 1. The molecule has 1 heterocycles. The zero-order chi connectivity index (χ0) is 14.0. The number of aromatic amines is 1. The number of carbonyl (C=O) groups excluding carboxylic acids is 1. The summed E-state index contributed by atoms with van der Waals surface area (Å²) in [5.74, 6) is -2.78. The maximum absolute atomic E-state index is 13.4. The van der Waals surface area contributed by atoms with Crippen molar-refractivity contribution in [3.8, 4) is 0 Å². The number of carboxylic acid groups (broad SMARTS) is 1. The molecule has 0 aliphatic carbocycles. The molecule has 0 bridgehead atoms. The Morgan fingerprint density at radius 2 is 2.11 bits per heavy atom. The van der Waals surface area contributed by atoms with E-state index in [0.717, 1.165) is 17.8 Å². The maximum Gasteiger partial charge on any atom is 0.338 e. The molecule has 1 aromatic carbocycles. The molecule has 0 unspecified atom stereocenters. The van der Waals surface area contributed by atoms with E-state index in [4.69, 9.17) is 5.11 Å². The second-order valence-electron chi connectivity index (χ2n) is 3.89. The minimum absolute atomic E-state index is 0.160. The largest absolute Gasteiger partial charge is 0.478 e. The van der Waals surface area contributed by atoms with Crippen LogP contribution < -0.4 is 5.32 Å². The summed E-state index contributed by atoms with van der Waals surface area (Å²) in [4.78, 5) is 22.4. The molecule has 3 N–H and O–H groups in total. The van der Waals surface area contributed by atoms with E-state index in [0.29, 0.717) is 0 Å². The van der Waals surface area contributed by atoms with Crippen LogP contribution in [0.25, 0.3) is 0 Å². The molecule has 0 saturated carbocycles. The second-order valence-corrected chi connectivity index (χ2v) is 3.89. The van der Waals surface area contributed by atoms with Crippen LogP contribution in [0.2, 0.25) is 0 Å². The summed E-state index contributed by atoms with van der Waals surface area (Å²) in [6.07, 6.45) is 0. The molecule has 0 atom stereocenters. The van der Waals surface area contributed by atoms with Crippen LogP contribution in [0.3, 0.4) is 0 Å². The van der Waals surface area contributed by atoms with Gasteiger partial charge in [-0.1, -0.05) is 0 Å². The number of nitrogens with zero attached hydrogens (tertiary/aromatic N) is 1. The monoisotopic (exact) mass is 263 g/mol. The maximum atomic E-state index is 13.4. The summed E-state index contributed by atoms with van der Waals surface area (Å²) >= 11 is 0. The predicted molar refractivity (Wildman–Crippen MR) is 64.6 cm³/mol. The van der Waals surface area contributed by atoms with Gasteiger partial charge in [-0.2, -0.15) is 5.10 Å². The molecule has 0 aliphatic heterocycles. The van der Waals surface area contributed by atoms with Crippen molar-refractivity contribution >= 4 is 17.6 Å². The van der Waals surface area contributed by atoms with Crippen LogP contribution in [-0.2, 0) is 0 Å². The lowest BCUT2D eigenvalue weighted by atomic mass is 10.2. The highest BCUT2D eigenvalue weighted by Crippen LogP contribution is 2.15. The van der Waals surface area contributed by atoms with Gasteiger partial charge in [0.2, 0.25) is 0 Å². The average Bonchev–Trinajstić information content (AvgIpc) is 2.75. The minimum atomic E-state index is -1.36. The van der Waals surface area contributed by atoms with E-state index in [1.807, 2.05) is 0 Å². The fourth-order valence-electron chi connectivity index (χ4n) is 1.50. The fraction of sp³-hybridized carbons (Fsp3) is 0.0833. The molecule has 0 saturated heterocycles. The number of nitrogens with one attached hydrogen (secondary N) is 2. The first-order valence-corrected chi connectivity index (χ1v) is 5.33. The number of halogens is 1. The van der Waals surface area contributed by atoms with E-state index in [9.17, 15) is 14.0 Å². The Morgan fingerprint density at radius 1 is 1.37 bits per heavy atom. The van der Waals surface area contributed by atoms with Crippen molar-refractivity contribution in [1.82, 2.24) is 10.2 Å². The molecule has 0 fully saturated rings. The molecule has 1 aromatic heterocycles. The highest BCUT2D eigenvalue weighted by molar-refractivity contribution is 6.03. The second kappa shape index (κ2) is 4.89. The van der Waals surface area contributed by atoms with Crippen LogP contribution in [0.15, 0.2) is 24.3 Å². The van der Waals surface area contributed by atoms with Gasteiger partial charge >= 0.3 is 5.97 Å². The van der Waals surface area contributed by atoms with Crippen molar-refractivity contribution in [2.24, 2.45) is 0 Å². The number of aromatic nitrogens is 2. The van der Waals surface area contributed by atoms with Crippen molar-refractivity contribution in [3.63, 3.8) is 0 Å². The number of aromatic carboxylic acids is 1. The van der Waals surface area contributed by atoms with Gasteiger partial charge in [0.05, 0.1) is 5.56 Å². The molecule has 2 aromatic rings. The Morgan fingerprint density at radius 3 is 2.63 bits per heavy atom. The third-order valence-corrected chi connectivity index (χ3v) is 2.40. The van der Waals surface area contributed by atoms with Crippen molar-refractivity contribution in [3.05, 3.63) is 47.0 Å². The molecule has 6 nitrogen and oxygen atoms in total. The SMILES string of the molecule is Cc1cc(C(=O)Nc2ccc(C(=O)O)c(F)c2)n[nH]1. The Kier molecular flexibility index (Phi) is 3.28. The van der Waals surface area contributed by atoms with Crippen molar-refractivity contribution in [2.75, 3.05) is 5.32 Å². The molecule has 98 valence electrons. The number of benzene rings is 1. The third-order valence-electron chi connectivity index (χ3n) is 2.40. The fourth-order valence-corrected chi connectivity index (χ4v) is 1.50. The number of carboxylic acids is 1. The topological polar surface area (TPSA) is 95.1 Å². The van der Waals surface area contributed by atoms with Crippen LogP contribution >= 0.6 is 0 Å². The third kappa shape index (κ3) is 2.76. The molecule has 2 rings (SSSR count). The molecule has 0 radical (unpaired) electrons. The lowest BCUT2D eigenvalue weighted by Gasteiger charge is -2.04. The highest BCUT2D eigenvalue weighted by Gasteiger charge is 2.13. The van der Waals surface area contributed by atoms with Gasteiger partial charge in [-0.05, 0) is 31.2 Å². The van der Waals surface area contributed by atoms with Crippen LogP contribution in [0.4, 0.5) is 10.1 Å². The number of H-pyrrole nitrogens is 1. The van der Waals surface area contributed by atoms with E-state index in [2.05, 4.69) is 15.5 Å². The number of hydrogen-bond acceptors (Lipinski definition) is 3. The van der Waals surface area contributed by atoms with Crippen LogP contribution in [0, 0.1) is 12.7 Å². The minimum Gasteiger partial charge on any atom is -0.478 e. The normalized spacial score (nSPS) is 10.2. The van der Waals surface area contributed by atoms with Gasteiger partial charge in [0.25, 0.3) is 5.91 Å². The Balaban J connectivity index is 2.18. The average molecular weight is 263 g/mol. The first-order chi connectivity index (χ1) is 8.97. The van der Waals surface area contributed by atoms with E-state index in [-0.39, 0.29) is 11.4 Å². The molecular formula is C12H10FN3O3. The summed E-state index contributed by atoms with van der Waals surface area (Å²) < 4.78 is 13.4. The lowest BCUT2D eigenvalue weighted by molar-refractivity contribution is 0.0692. The zero-order valence-electron chi connectivity index (χ0n) is 9.90. The molecule has 0 aliphatic rings. The van der Waals surface area contributed by atoms with Gasteiger partial charge in [-0.25, -0.2) is 9.18 Å². The molecule has 19 heavy (non-hydrogen) atoms. The highest BCUT2D eigenvalue weighted by atomic mass is 19.1. The van der Waals surface area contributed by atoms with E-state index in [1.54, 1.807) is 6.92 Å². The van der Waals surface area contributed by atoms with Crippen molar-refractivity contribution in [2.45, 2.75) is 6.92 Å². The summed E-state index contributed by atoms with van der Waals surface area (Å²) in [5.41, 5.74) is 0.597. The zero-order valence-corrected chi connectivity index (χ0v) is 9.90. The first-order valence-electron chi connectivity index (χ1n) is 5.33. The van der Waals surface area contributed by atoms with Crippen molar-refractivity contribution < 1.29 is 19.1 Å². The first kappa shape index (κ1) is 12.7. The molecular weight excluding hydrogens is 253 g/mol. The number of carbonyl (C=O) groups is 2. The summed E-state index contributed by atoms with van der Waals surface area (Å²) in [6, 6.07) is 4.88. The predicted octanol–water partition coefficient (Wildman–Crippen LogP) is 1.81. The summed E-state index contributed by atoms with van der Waals surface area (Å²) in [6.45, 7) is 1.74. The van der Waals surface area contributed by atoms with Crippen LogP contribution in [0.5, 0.6) is 0 Å². The molecule has 1 amide bonds. The van der Waals surface area contributed by atoms with Crippen LogP contribution in [-0.4, -0.2) is 27.2 Å². The Labute approximate surface area is 107 Å². The number of hydrogen-bond donors (Lipinski definition) is 3. The summed E-state index contributed by atoms with van der Waals surface area (Å²) in [7, 11) is 0. The van der Waals surface area contributed by atoms with Gasteiger partial charge in [0, 0.05) is 11.4 Å². The summed E-state index contributed by atoms with van der Waals surface area (Å²) in [5, 5.41) is 17.5. The van der Waals surface area contributed by atoms with Crippen molar-refractivity contribution in [1.29, 1.82) is 0 Å².